The Morgan fingerprint density at radius 1 is 1.62 bits per heavy atom. The Bertz CT molecular complexity index is 274. The minimum atomic E-state index is -0.114. The van der Waals surface area contributed by atoms with Crippen molar-refractivity contribution in [3.63, 3.8) is 0 Å². The summed E-state index contributed by atoms with van der Waals surface area (Å²) in [5, 5.41) is 5.87. The van der Waals surface area contributed by atoms with Crippen molar-refractivity contribution >= 4 is 11.9 Å². The Labute approximate surface area is 76.5 Å². The van der Waals surface area contributed by atoms with Crippen LogP contribution in [0.5, 0.6) is 0 Å². The second kappa shape index (κ2) is 3.55. The fourth-order valence-electron chi connectivity index (χ4n) is 0.873. The zero-order valence-corrected chi connectivity index (χ0v) is 8.00. The highest BCUT2D eigenvalue weighted by Crippen LogP contribution is 2.18. The van der Waals surface area contributed by atoms with Gasteiger partial charge in [-0.15, -0.1) is 0 Å². The molecule has 0 saturated carbocycles. The number of nitrogens with one attached hydrogen (secondary N) is 1. The molecule has 13 heavy (non-hydrogen) atoms. The highest BCUT2D eigenvalue weighted by atomic mass is 16.5. The molecule has 0 saturated heterocycles. The van der Waals surface area contributed by atoms with Gasteiger partial charge >= 0.3 is 6.01 Å². The fourth-order valence-corrected chi connectivity index (χ4v) is 0.873. The lowest BCUT2D eigenvalue weighted by molar-refractivity contribution is -0.117. The molecule has 1 heterocycles. The van der Waals surface area contributed by atoms with Crippen LogP contribution in [0.4, 0.5) is 6.01 Å². The third kappa shape index (κ3) is 3.68. The minimum absolute atomic E-state index is 0.0376. The van der Waals surface area contributed by atoms with Crippen molar-refractivity contribution in [2.75, 3.05) is 5.32 Å². The van der Waals surface area contributed by atoms with Gasteiger partial charge in [0.05, 0.1) is 0 Å². The molecule has 0 radical (unpaired) electrons. The number of carbonyl (C=O) groups is 1. The summed E-state index contributed by atoms with van der Waals surface area (Å²) in [4.78, 5) is 15.0. The summed E-state index contributed by atoms with van der Waals surface area (Å²) >= 11 is 0. The standard InChI is InChI=1S/C8H13N3O2/c1-8(2,3)4-6(12)11-7-9-5-10-13-7/h5H,4H2,1-3H3,(H,9,10,11,12). The van der Waals surface area contributed by atoms with Crippen LogP contribution in [0.15, 0.2) is 10.9 Å². The second-order valence-corrected chi connectivity index (χ2v) is 4.03. The van der Waals surface area contributed by atoms with E-state index in [1.54, 1.807) is 0 Å². The van der Waals surface area contributed by atoms with Gasteiger partial charge in [0.1, 0.15) is 0 Å². The van der Waals surface area contributed by atoms with E-state index in [2.05, 4.69) is 20.0 Å². The van der Waals surface area contributed by atoms with E-state index >= 15 is 0 Å². The molecule has 0 atom stereocenters. The molecule has 1 amide bonds. The van der Waals surface area contributed by atoms with E-state index in [-0.39, 0.29) is 17.3 Å². The zero-order chi connectivity index (χ0) is 9.90. The van der Waals surface area contributed by atoms with Crippen molar-refractivity contribution in [2.45, 2.75) is 27.2 Å². The first-order valence-electron chi connectivity index (χ1n) is 4.04. The SMILES string of the molecule is CC(C)(C)CC(=O)Nc1ncno1. The van der Waals surface area contributed by atoms with Crippen LogP contribution in [0.1, 0.15) is 27.2 Å². The maximum Gasteiger partial charge on any atom is 0.327 e. The summed E-state index contributed by atoms with van der Waals surface area (Å²) in [6.07, 6.45) is 1.67. The molecule has 5 heteroatoms. The molecular formula is C8H13N3O2. The lowest BCUT2D eigenvalue weighted by Crippen LogP contribution is -2.19. The van der Waals surface area contributed by atoms with Crippen LogP contribution in [-0.2, 0) is 4.79 Å². The van der Waals surface area contributed by atoms with Gasteiger partial charge in [0.15, 0.2) is 6.33 Å². The Morgan fingerprint density at radius 3 is 2.77 bits per heavy atom. The number of carbonyl (C=O) groups excluding carboxylic acids is 1. The second-order valence-electron chi connectivity index (χ2n) is 4.03. The van der Waals surface area contributed by atoms with Gasteiger partial charge in [0.25, 0.3) is 0 Å². The molecule has 0 spiro atoms. The third-order valence-electron chi connectivity index (χ3n) is 1.30. The maximum atomic E-state index is 11.3. The molecule has 0 bridgehead atoms. The number of amides is 1. The van der Waals surface area contributed by atoms with Crippen molar-refractivity contribution in [1.29, 1.82) is 0 Å². The van der Waals surface area contributed by atoms with Gasteiger partial charge in [0.2, 0.25) is 5.91 Å². The molecular weight excluding hydrogens is 170 g/mol. The van der Waals surface area contributed by atoms with Crippen molar-refractivity contribution in [3.05, 3.63) is 6.33 Å². The number of rotatable bonds is 2. The third-order valence-corrected chi connectivity index (χ3v) is 1.30. The Kier molecular flexibility index (Phi) is 2.65. The first-order chi connectivity index (χ1) is 5.97. The lowest BCUT2D eigenvalue weighted by atomic mass is 9.92. The predicted octanol–water partition coefficient (Wildman–Crippen LogP) is 1.44. The molecule has 1 aromatic heterocycles. The summed E-state index contributed by atoms with van der Waals surface area (Å²) in [7, 11) is 0. The summed E-state index contributed by atoms with van der Waals surface area (Å²) in [6.45, 7) is 5.96. The summed E-state index contributed by atoms with van der Waals surface area (Å²) in [6, 6.07) is 0.147. The average molecular weight is 183 g/mol. The van der Waals surface area contributed by atoms with Gasteiger partial charge in [-0.1, -0.05) is 25.9 Å². The molecule has 1 rings (SSSR count). The van der Waals surface area contributed by atoms with E-state index in [1.807, 2.05) is 20.8 Å². The highest BCUT2D eigenvalue weighted by Gasteiger charge is 2.16. The fraction of sp³-hybridized carbons (Fsp3) is 0.625. The smallest absolute Gasteiger partial charge is 0.315 e. The van der Waals surface area contributed by atoms with E-state index in [4.69, 9.17) is 0 Å². The zero-order valence-electron chi connectivity index (χ0n) is 8.00. The van der Waals surface area contributed by atoms with Crippen molar-refractivity contribution in [3.8, 4) is 0 Å². The van der Waals surface area contributed by atoms with E-state index in [1.165, 1.54) is 6.33 Å². The predicted molar refractivity (Wildman–Crippen MR) is 47.0 cm³/mol. The number of anilines is 1. The number of nitrogens with zero attached hydrogens (tertiary/aromatic N) is 2. The Balaban J connectivity index is 2.43. The van der Waals surface area contributed by atoms with E-state index < -0.39 is 0 Å². The number of aromatic nitrogens is 2. The van der Waals surface area contributed by atoms with Crippen LogP contribution in [0.25, 0.3) is 0 Å². The van der Waals surface area contributed by atoms with E-state index in [0.29, 0.717) is 6.42 Å². The molecule has 72 valence electrons. The quantitative estimate of drug-likeness (QED) is 0.753. The van der Waals surface area contributed by atoms with E-state index in [0.717, 1.165) is 0 Å². The lowest BCUT2D eigenvalue weighted by Gasteiger charge is -2.15. The van der Waals surface area contributed by atoms with Crippen molar-refractivity contribution < 1.29 is 9.32 Å². The molecule has 0 aliphatic heterocycles. The molecule has 0 aliphatic rings. The maximum absolute atomic E-state index is 11.3. The monoisotopic (exact) mass is 183 g/mol. The van der Waals surface area contributed by atoms with Crippen LogP contribution < -0.4 is 5.32 Å². The molecule has 0 aliphatic carbocycles. The van der Waals surface area contributed by atoms with Crippen LogP contribution >= 0.6 is 0 Å². The van der Waals surface area contributed by atoms with Gasteiger partial charge in [-0.2, -0.15) is 4.98 Å². The van der Waals surface area contributed by atoms with Crippen LogP contribution in [0.2, 0.25) is 0 Å². The highest BCUT2D eigenvalue weighted by molar-refractivity contribution is 5.88. The molecule has 5 nitrogen and oxygen atoms in total. The minimum Gasteiger partial charge on any atom is -0.315 e. The summed E-state index contributed by atoms with van der Waals surface area (Å²) < 4.78 is 4.63. The molecule has 1 aromatic rings. The summed E-state index contributed by atoms with van der Waals surface area (Å²) in [5.41, 5.74) is -0.0376. The first-order valence-corrected chi connectivity index (χ1v) is 4.04. The van der Waals surface area contributed by atoms with Crippen molar-refractivity contribution in [1.82, 2.24) is 10.1 Å². The van der Waals surface area contributed by atoms with Gasteiger partial charge in [0, 0.05) is 6.42 Å². The first kappa shape index (κ1) is 9.70. The van der Waals surface area contributed by atoms with E-state index in [9.17, 15) is 4.79 Å². The Hall–Kier alpha value is -1.39. The molecule has 1 N–H and O–H groups in total. The van der Waals surface area contributed by atoms with Crippen LogP contribution in [0, 0.1) is 5.41 Å². The topological polar surface area (TPSA) is 68.0 Å². The normalized spacial score (nSPS) is 11.3. The molecule has 0 aromatic carbocycles. The summed E-state index contributed by atoms with van der Waals surface area (Å²) in [5.74, 6) is -0.114. The van der Waals surface area contributed by atoms with Gasteiger partial charge in [-0.05, 0) is 5.41 Å². The largest absolute Gasteiger partial charge is 0.327 e. The van der Waals surface area contributed by atoms with Crippen LogP contribution in [-0.4, -0.2) is 16.0 Å². The number of hydrogen-bond acceptors (Lipinski definition) is 4. The Morgan fingerprint density at radius 2 is 2.31 bits per heavy atom. The van der Waals surface area contributed by atoms with Gasteiger partial charge in [-0.25, -0.2) is 0 Å². The molecule has 0 fully saturated rings. The van der Waals surface area contributed by atoms with Gasteiger partial charge in [-0.3, -0.25) is 10.1 Å². The van der Waals surface area contributed by atoms with Gasteiger partial charge < -0.3 is 4.52 Å². The van der Waals surface area contributed by atoms with Crippen molar-refractivity contribution in [2.24, 2.45) is 5.41 Å². The number of hydrogen-bond donors (Lipinski definition) is 1. The average Bonchev–Trinajstić information content (AvgIpc) is 2.34. The van der Waals surface area contributed by atoms with Crippen LogP contribution in [0.3, 0.4) is 0 Å². The molecule has 0 unspecified atom stereocenters.